The van der Waals surface area contributed by atoms with Crippen LogP contribution in [-0.2, 0) is 0 Å². The van der Waals surface area contributed by atoms with E-state index in [0.717, 1.165) is 24.2 Å². The summed E-state index contributed by atoms with van der Waals surface area (Å²) in [4.78, 5) is 5.94. The highest BCUT2D eigenvalue weighted by Crippen LogP contribution is 2.38. The third kappa shape index (κ3) is 3.10. The molecule has 3 aromatic rings. The molecular formula is C21H26N2O2. The molecule has 2 N–H and O–H groups in total. The SMILES string of the molecule is CCN(CC)C(c1ccc(O)c(OC)c1)c1c(C)[nH]c2ccccc12. The van der Waals surface area contributed by atoms with Gasteiger partial charge >= 0.3 is 0 Å². The minimum Gasteiger partial charge on any atom is -0.504 e. The largest absolute Gasteiger partial charge is 0.504 e. The molecule has 0 aliphatic rings. The van der Waals surface area contributed by atoms with Gasteiger partial charge in [0.2, 0.25) is 0 Å². The van der Waals surface area contributed by atoms with Crippen molar-refractivity contribution in [3.63, 3.8) is 0 Å². The van der Waals surface area contributed by atoms with Gasteiger partial charge in [0.25, 0.3) is 0 Å². The summed E-state index contributed by atoms with van der Waals surface area (Å²) >= 11 is 0. The number of hydrogen-bond donors (Lipinski definition) is 2. The Kier molecular flexibility index (Phi) is 5.00. The van der Waals surface area contributed by atoms with Crippen molar-refractivity contribution in [3.8, 4) is 11.5 Å². The van der Waals surface area contributed by atoms with Crippen LogP contribution in [0.2, 0.25) is 0 Å². The van der Waals surface area contributed by atoms with Gasteiger partial charge in [-0.05, 0) is 43.8 Å². The number of para-hydroxylation sites is 1. The van der Waals surface area contributed by atoms with Crippen LogP contribution in [-0.4, -0.2) is 35.2 Å². The van der Waals surface area contributed by atoms with E-state index in [2.05, 4.69) is 54.9 Å². The van der Waals surface area contributed by atoms with Gasteiger partial charge in [0.15, 0.2) is 11.5 Å². The molecule has 4 heteroatoms. The number of aromatic nitrogens is 1. The van der Waals surface area contributed by atoms with Crippen molar-refractivity contribution in [2.45, 2.75) is 26.8 Å². The smallest absolute Gasteiger partial charge is 0.160 e. The molecule has 4 nitrogen and oxygen atoms in total. The summed E-state index contributed by atoms with van der Waals surface area (Å²) in [6.07, 6.45) is 0. The highest BCUT2D eigenvalue weighted by atomic mass is 16.5. The lowest BCUT2D eigenvalue weighted by Crippen LogP contribution is -2.29. The highest BCUT2D eigenvalue weighted by molar-refractivity contribution is 5.85. The number of rotatable bonds is 6. The van der Waals surface area contributed by atoms with Crippen molar-refractivity contribution in [2.24, 2.45) is 0 Å². The van der Waals surface area contributed by atoms with Crippen LogP contribution in [0.15, 0.2) is 42.5 Å². The van der Waals surface area contributed by atoms with Crippen LogP contribution >= 0.6 is 0 Å². The molecule has 1 aromatic heterocycles. The van der Waals surface area contributed by atoms with Gasteiger partial charge in [-0.3, -0.25) is 4.90 Å². The number of fused-ring (bicyclic) bond motifs is 1. The first-order valence-corrected chi connectivity index (χ1v) is 8.78. The van der Waals surface area contributed by atoms with Crippen LogP contribution in [0, 0.1) is 6.92 Å². The Balaban J connectivity index is 2.23. The quantitative estimate of drug-likeness (QED) is 0.689. The van der Waals surface area contributed by atoms with E-state index in [-0.39, 0.29) is 11.8 Å². The zero-order valence-electron chi connectivity index (χ0n) is 15.3. The van der Waals surface area contributed by atoms with Gasteiger partial charge in [-0.1, -0.05) is 38.1 Å². The Morgan fingerprint density at radius 1 is 1.12 bits per heavy atom. The summed E-state index contributed by atoms with van der Waals surface area (Å²) in [5.41, 5.74) is 4.72. The Hall–Kier alpha value is -2.46. The number of aromatic amines is 1. The van der Waals surface area contributed by atoms with Gasteiger partial charge in [0, 0.05) is 22.2 Å². The number of nitrogens with one attached hydrogen (secondary N) is 1. The van der Waals surface area contributed by atoms with Crippen molar-refractivity contribution in [3.05, 3.63) is 59.3 Å². The number of aromatic hydroxyl groups is 1. The third-order valence-corrected chi connectivity index (χ3v) is 4.91. The molecule has 0 amide bonds. The summed E-state index contributed by atoms with van der Waals surface area (Å²) in [7, 11) is 1.59. The van der Waals surface area contributed by atoms with Gasteiger partial charge < -0.3 is 14.8 Å². The molecule has 2 aromatic carbocycles. The van der Waals surface area contributed by atoms with Crippen LogP contribution < -0.4 is 4.74 Å². The highest BCUT2D eigenvalue weighted by Gasteiger charge is 2.26. The molecule has 0 spiro atoms. The maximum Gasteiger partial charge on any atom is 0.160 e. The second-order valence-corrected chi connectivity index (χ2v) is 6.26. The summed E-state index contributed by atoms with van der Waals surface area (Å²) < 4.78 is 5.34. The van der Waals surface area contributed by atoms with E-state index in [9.17, 15) is 5.11 Å². The molecule has 25 heavy (non-hydrogen) atoms. The van der Waals surface area contributed by atoms with E-state index < -0.39 is 0 Å². The lowest BCUT2D eigenvalue weighted by Gasteiger charge is -2.31. The van der Waals surface area contributed by atoms with Crippen molar-refractivity contribution in [2.75, 3.05) is 20.2 Å². The molecule has 0 saturated heterocycles. The van der Waals surface area contributed by atoms with E-state index in [4.69, 9.17) is 4.74 Å². The molecule has 1 heterocycles. The molecule has 1 unspecified atom stereocenters. The fourth-order valence-electron chi connectivity index (χ4n) is 3.66. The van der Waals surface area contributed by atoms with Crippen molar-refractivity contribution in [1.29, 1.82) is 0 Å². The minimum absolute atomic E-state index is 0.0978. The van der Waals surface area contributed by atoms with E-state index in [0.29, 0.717) is 5.75 Å². The molecule has 132 valence electrons. The number of nitrogens with zero attached hydrogens (tertiary/aromatic N) is 1. The maximum absolute atomic E-state index is 9.98. The monoisotopic (exact) mass is 338 g/mol. The average Bonchev–Trinajstić information content (AvgIpc) is 2.96. The molecule has 0 aliphatic carbocycles. The second kappa shape index (κ2) is 7.19. The fraction of sp³-hybridized carbons (Fsp3) is 0.333. The maximum atomic E-state index is 9.98. The van der Waals surface area contributed by atoms with Crippen molar-refractivity contribution in [1.82, 2.24) is 9.88 Å². The first-order chi connectivity index (χ1) is 12.1. The summed E-state index contributed by atoms with van der Waals surface area (Å²) in [5, 5.41) is 11.2. The summed E-state index contributed by atoms with van der Waals surface area (Å²) in [6, 6.07) is 14.2. The zero-order chi connectivity index (χ0) is 18.0. The van der Waals surface area contributed by atoms with Crippen LogP contribution in [0.4, 0.5) is 0 Å². The lowest BCUT2D eigenvalue weighted by atomic mass is 9.94. The molecular weight excluding hydrogens is 312 g/mol. The van der Waals surface area contributed by atoms with Crippen molar-refractivity contribution < 1.29 is 9.84 Å². The number of benzene rings is 2. The number of H-pyrrole nitrogens is 1. The molecule has 0 radical (unpaired) electrons. The van der Waals surface area contributed by atoms with E-state index >= 15 is 0 Å². The summed E-state index contributed by atoms with van der Waals surface area (Å²) in [6.45, 7) is 8.35. The third-order valence-electron chi connectivity index (χ3n) is 4.91. The van der Waals surface area contributed by atoms with Gasteiger partial charge in [0.05, 0.1) is 13.2 Å². The molecule has 1 atom stereocenters. The van der Waals surface area contributed by atoms with Gasteiger partial charge in [-0.15, -0.1) is 0 Å². The molecule has 0 bridgehead atoms. The van der Waals surface area contributed by atoms with Crippen LogP contribution in [0.5, 0.6) is 11.5 Å². The predicted molar refractivity (Wildman–Crippen MR) is 102 cm³/mol. The number of hydrogen-bond acceptors (Lipinski definition) is 3. The molecule has 0 saturated carbocycles. The fourth-order valence-corrected chi connectivity index (χ4v) is 3.66. The van der Waals surface area contributed by atoms with Gasteiger partial charge in [-0.25, -0.2) is 0 Å². The van der Waals surface area contributed by atoms with Crippen LogP contribution in [0.1, 0.15) is 36.7 Å². The average molecular weight is 338 g/mol. The number of phenols is 1. The number of methoxy groups -OCH3 is 1. The van der Waals surface area contributed by atoms with Crippen LogP contribution in [0.3, 0.4) is 0 Å². The minimum atomic E-state index is 0.0978. The van der Waals surface area contributed by atoms with Crippen molar-refractivity contribution >= 4 is 10.9 Å². The summed E-state index contributed by atoms with van der Waals surface area (Å²) in [5.74, 6) is 0.673. The molecule has 0 aliphatic heterocycles. The number of ether oxygens (including phenoxy) is 1. The topological polar surface area (TPSA) is 48.5 Å². The van der Waals surface area contributed by atoms with Crippen LogP contribution in [0.25, 0.3) is 10.9 Å². The molecule has 0 fully saturated rings. The standard InChI is InChI=1S/C21H26N2O2/c1-5-23(6-2)21(15-11-12-18(24)19(13-15)25-4)20-14(3)22-17-10-8-7-9-16(17)20/h7-13,21-22,24H,5-6H2,1-4H3. The zero-order valence-corrected chi connectivity index (χ0v) is 15.3. The normalized spacial score (nSPS) is 12.7. The van der Waals surface area contributed by atoms with E-state index in [1.165, 1.54) is 16.6 Å². The first kappa shape index (κ1) is 17.4. The Morgan fingerprint density at radius 3 is 2.52 bits per heavy atom. The van der Waals surface area contributed by atoms with E-state index in [1.807, 2.05) is 12.1 Å². The number of aryl methyl sites for hydroxylation is 1. The first-order valence-electron chi connectivity index (χ1n) is 8.78. The number of phenolic OH excluding ortho intramolecular Hbond substituents is 1. The predicted octanol–water partition coefficient (Wildman–Crippen LogP) is 4.62. The second-order valence-electron chi connectivity index (χ2n) is 6.26. The Morgan fingerprint density at radius 2 is 1.84 bits per heavy atom. The molecule has 3 rings (SSSR count). The van der Waals surface area contributed by atoms with E-state index in [1.54, 1.807) is 13.2 Å². The Labute approximate surface area is 149 Å². The lowest BCUT2D eigenvalue weighted by molar-refractivity contribution is 0.250. The van der Waals surface area contributed by atoms with Gasteiger partial charge in [0.1, 0.15) is 0 Å². The van der Waals surface area contributed by atoms with Gasteiger partial charge in [-0.2, -0.15) is 0 Å². The Bertz CT molecular complexity index is 865.